The van der Waals surface area contributed by atoms with E-state index in [2.05, 4.69) is 32.6 Å². The number of aromatic nitrogens is 3. The number of nitrogens with one attached hydrogen (secondary N) is 1. The molecule has 0 unspecified atom stereocenters. The molecule has 4 aromatic rings. The summed E-state index contributed by atoms with van der Waals surface area (Å²) in [5, 5.41) is 9.54. The molecule has 0 radical (unpaired) electrons. The standard InChI is InChI=1S/C16H14N4OS2/c1-9-7-22-16-13(9)14(18-10(2)19-16)17-6-11-8-23-15(20-11)12-4-3-5-21-12/h3-5,7-8H,6H2,1-2H3,(H,17,18,19). The Hall–Kier alpha value is -2.25. The Kier molecular flexibility index (Phi) is 3.59. The van der Waals surface area contributed by atoms with Gasteiger partial charge in [-0.05, 0) is 36.9 Å². The molecule has 23 heavy (non-hydrogen) atoms. The molecule has 7 heteroatoms. The van der Waals surface area contributed by atoms with Gasteiger partial charge in [-0.2, -0.15) is 0 Å². The fourth-order valence-corrected chi connectivity index (χ4v) is 4.15. The van der Waals surface area contributed by atoms with Crippen LogP contribution in [0.25, 0.3) is 21.0 Å². The molecule has 4 rings (SSSR count). The fraction of sp³-hybridized carbons (Fsp3) is 0.188. The van der Waals surface area contributed by atoms with Gasteiger partial charge in [0.25, 0.3) is 0 Å². The van der Waals surface area contributed by atoms with Gasteiger partial charge in [0.15, 0.2) is 10.8 Å². The predicted molar refractivity (Wildman–Crippen MR) is 94.0 cm³/mol. The van der Waals surface area contributed by atoms with E-state index in [1.807, 2.05) is 24.4 Å². The van der Waals surface area contributed by atoms with Gasteiger partial charge in [-0.1, -0.05) is 0 Å². The zero-order chi connectivity index (χ0) is 15.8. The molecule has 0 saturated heterocycles. The van der Waals surface area contributed by atoms with Crippen molar-refractivity contribution in [3.05, 3.63) is 46.2 Å². The lowest BCUT2D eigenvalue weighted by atomic mass is 10.2. The van der Waals surface area contributed by atoms with Gasteiger partial charge in [0.2, 0.25) is 0 Å². The molecule has 0 spiro atoms. The van der Waals surface area contributed by atoms with Crippen LogP contribution in [-0.2, 0) is 6.54 Å². The molecule has 0 fully saturated rings. The highest BCUT2D eigenvalue weighted by molar-refractivity contribution is 7.17. The largest absolute Gasteiger partial charge is 0.462 e. The van der Waals surface area contributed by atoms with Crippen LogP contribution < -0.4 is 5.32 Å². The van der Waals surface area contributed by atoms with E-state index in [1.165, 1.54) is 5.56 Å². The fourth-order valence-electron chi connectivity index (χ4n) is 2.39. The van der Waals surface area contributed by atoms with Crippen LogP contribution in [0.4, 0.5) is 5.82 Å². The van der Waals surface area contributed by atoms with Gasteiger partial charge >= 0.3 is 0 Å². The van der Waals surface area contributed by atoms with Crippen molar-refractivity contribution >= 4 is 38.7 Å². The molecule has 0 aliphatic carbocycles. The van der Waals surface area contributed by atoms with Crippen molar-refractivity contribution in [1.29, 1.82) is 0 Å². The topological polar surface area (TPSA) is 63.8 Å². The summed E-state index contributed by atoms with van der Waals surface area (Å²) in [4.78, 5) is 14.7. The third kappa shape index (κ3) is 2.73. The highest BCUT2D eigenvalue weighted by Gasteiger charge is 2.12. The lowest BCUT2D eigenvalue weighted by molar-refractivity contribution is 0.581. The number of hydrogen-bond donors (Lipinski definition) is 1. The minimum absolute atomic E-state index is 0.623. The highest BCUT2D eigenvalue weighted by atomic mass is 32.1. The lowest BCUT2D eigenvalue weighted by Gasteiger charge is -2.07. The van der Waals surface area contributed by atoms with Crippen LogP contribution >= 0.6 is 22.7 Å². The average Bonchev–Trinajstić information content (AvgIpc) is 3.25. The van der Waals surface area contributed by atoms with Crippen molar-refractivity contribution in [1.82, 2.24) is 15.0 Å². The van der Waals surface area contributed by atoms with Crippen LogP contribution in [0.1, 0.15) is 17.1 Å². The second-order valence-corrected chi connectivity index (χ2v) is 6.91. The number of thiazole rings is 1. The predicted octanol–water partition coefficient (Wildman–Crippen LogP) is 4.64. The number of hydrogen-bond acceptors (Lipinski definition) is 7. The molecule has 4 aromatic heterocycles. The van der Waals surface area contributed by atoms with Crippen LogP contribution in [0.2, 0.25) is 0 Å². The molecule has 0 atom stereocenters. The van der Waals surface area contributed by atoms with Crippen molar-refractivity contribution in [2.24, 2.45) is 0 Å². The summed E-state index contributed by atoms with van der Waals surface area (Å²) in [5.41, 5.74) is 2.17. The zero-order valence-corrected chi connectivity index (χ0v) is 14.3. The molecular weight excluding hydrogens is 328 g/mol. The number of aryl methyl sites for hydroxylation is 2. The van der Waals surface area contributed by atoms with E-state index in [9.17, 15) is 0 Å². The van der Waals surface area contributed by atoms with Crippen molar-refractivity contribution in [3.63, 3.8) is 0 Å². The second kappa shape index (κ2) is 5.75. The maximum Gasteiger partial charge on any atom is 0.162 e. The molecule has 0 saturated carbocycles. The zero-order valence-electron chi connectivity index (χ0n) is 12.7. The van der Waals surface area contributed by atoms with E-state index in [-0.39, 0.29) is 0 Å². The molecule has 5 nitrogen and oxygen atoms in total. The van der Waals surface area contributed by atoms with Gasteiger partial charge < -0.3 is 9.73 Å². The third-order valence-corrected chi connectivity index (χ3v) is 5.35. The molecule has 0 aliphatic rings. The maximum absolute atomic E-state index is 5.38. The third-order valence-electron chi connectivity index (χ3n) is 3.45. The first-order chi connectivity index (χ1) is 11.2. The average molecular weight is 342 g/mol. The SMILES string of the molecule is Cc1nc(NCc2csc(-c3ccco3)n2)c2c(C)csc2n1. The minimum atomic E-state index is 0.623. The van der Waals surface area contributed by atoms with E-state index in [4.69, 9.17) is 4.42 Å². The minimum Gasteiger partial charge on any atom is -0.462 e. The Bertz CT molecular complexity index is 956. The first-order valence-electron chi connectivity index (χ1n) is 7.15. The van der Waals surface area contributed by atoms with Gasteiger partial charge in [0, 0.05) is 5.38 Å². The Morgan fingerprint density at radius 1 is 1.13 bits per heavy atom. The molecular formula is C16H14N4OS2. The summed E-state index contributed by atoms with van der Waals surface area (Å²) < 4.78 is 5.38. The van der Waals surface area contributed by atoms with E-state index < -0.39 is 0 Å². The number of rotatable bonds is 4. The summed E-state index contributed by atoms with van der Waals surface area (Å²) in [6, 6.07) is 3.79. The maximum atomic E-state index is 5.38. The monoisotopic (exact) mass is 342 g/mol. The Morgan fingerprint density at radius 3 is 2.87 bits per heavy atom. The number of fused-ring (bicyclic) bond motifs is 1. The van der Waals surface area contributed by atoms with Crippen LogP contribution in [0.5, 0.6) is 0 Å². The highest BCUT2D eigenvalue weighted by Crippen LogP contribution is 2.30. The summed E-state index contributed by atoms with van der Waals surface area (Å²) in [6.07, 6.45) is 1.66. The van der Waals surface area contributed by atoms with Crippen LogP contribution in [0, 0.1) is 13.8 Å². The number of furan rings is 1. The first kappa shape index (κ1) is 14.3. The van der Waals surface area contributed by atoms with Crippen molar-refractivity contribution < 1.29 is 4.42 Å². The van der Waals surface area contributed by atoms with E-state index in [1.54, 1.807) is 28.9 Å². The van der Waals surface area contributed by atoms with Gasteiger partial charge in [-0.15, -0.1) is 22.7 Å². The van der Waals surface area contributed by atoms with Gasteiger partial charge in [0.1, 0.15) is 16.5 Å². The molecule has 0 amide bonds. The number of nitrogens with zero attached hydrogens (tertiary/aromatic N) is 3. The van der Waals surface area contributed by atoms with E-state index in [0.717, 1.165) is 38.3 Å². The van der Waals surface area contributed by atoms with Crippen molar-refractivity contribution in [2.75, 3.05) is 5.32 Å². The molecule has 116 valence electrons. The van der Waals surface area contributed by atoms with E-state index in [0.29, 0.717) is 6.54 Å². The lowest BCUT2D eigenvalue weighted by Crippen LogP contribution is -2.04. The van der Waals surface area contributed by atoms with Gasteiger partial charge in [-0.3, -0.25) is 0 Å². The Labute approximate surface area is 141 Å². The normalized spacial score (nSPS) is 11.2. The van der Waals surface area contributed by atoms with Crippen molar-refractivity contribution in [3.8, 4) is 10.8 Å². The summed E-state index contributed by atoms with van der Waals surface area (Å²) in [6.45, 7) is 4.62. The Balaban J connectivity index is 1.59. The summed E-state index contributed by atoms with van der Waals surface area (Å²) in [5.74, 6) is 2.45. The number of anilines is 1. The molecule has 0 aromatic carbocycles. The quantitative estimate of drug-likeness (QED) is 0.585. The second-order valence-electron chi connectivity index (χ2n) is 5.19. The molecule has 1 N–H and O–H groups in total. The molecule has 4 heterocycles. The van der Waals surface area contributed by atoms with Crippen LogP contribution in [0.15, 0.2) is 33.6 Å². The summed E-state index contributed by atoms with van der Waals surface area (Å²) in [7, 11) is 0. The molecule has 0 bridgehead atoms. The van der Waals surface area contributed by atoms with Crippen LogP contribution in [0.3, 0.4) is 0 Å². The summed E-state index contributed by atoms with van der Waals surface area (Å²) >= 11 is 3.23. The van der Waals surface area contributed by atoms with Crippen LogP contribution in [-0.4, -0.2) is 15.0 Å². The number of thiophene rings is 1. The van der Waals surface area contributed by atoms with E-state index >= 15 is 0 Å². The molecule has 0 aliphatic heterocycles. The van der Waals surface area contributed by atoms with Gasteiger partial charge in [-0.25, -0.2) is 15.0 Å². The smallest absolute Gasteiger partial charge is 0.162 e. The Morgan fingerprint density at radius 2 is 2.04 bits per heavy atom. The van der Waals surface area contributed by atoms with Gasteiger partial charge in [0.05, 0.1) is 23.9 Å². The first-order valence-corrected chi connectivity index (χ1v) is 8.91. The van der Waals surface area contributed by atoms with Crippen molar-refractivity contribution in [2.45, 2.75) is 20.4 Å².